The van der Waals surface area contributed by atoms with Crippen molar-refractivity contribution in [2.24, 2.45) is 5.10 Å². The molecule has 0 saturated carbocycles. The summed E-state index contributed by atoms with van der Waals surface area (Å²) in [5.41, 5.74) is 7.19. The summed E-state index contributed by atoms with van der Waals surface area (Å²) in [5.74, 6) is -0.0942. The molecule has 28 heavy (non-hydrogen) atoms. The number of nitrogens with zero attached hydrogens (tertiary/aromatic N) is 2. The molecule has 0 spiro atoms. The van der Waals surface area contributed by atoms with Crippen molar-refractivity contribution in [2.45, 2.75) is 26.3 Å². The molecule has 140 valence electrons. The maximum atomic E-state index is 12.3. The van der Waals surface area contributed by atoms with Crippen molar-refractivity contribution in [3.8, 4) is 0 Å². The quantitative estimate of drug-likeness (QED) is 0.381. The van der Waals surface area contributed by atoms with Gasteiger partial charge in [-0.1, -0.05) is 67.6 Å². The maximum absolute atomic E-state index is 12.3. The van der Waals surface area contributed by atoms with E-state index in [9.17, 15) is 4.79 Å². The van der Waals surface area contributed by atoms with Gasteiger partial charge < -0.3 is 4.57 Å². The molecule has 4 aromatic rings. The number of carbonyl (C=O) groups excluding carboxylic acids is 1. The van der Waals surface area contributed by atoms with Crippen LogP contribution in [-0.4, -0.2) is 16.7 Å². The molecule has 4 rings (SSSR count). The highest BCUT2D eigenvalue weighted by Crippen LogP contribution is 2.28. The molecule has 0 aliphatic heterocycles. The van der Waals surface area contributed by atoms with E-state index in [1.807, 2.05) is 36.4 Å². The van der Waals surface area contributed by atoms with E-state index in [0.717, 1.165) is 23.0 Å². The van der Waals surface area contributed by atoms with Gasteiger partial charge in [-0.3, -0.25) is 4.79 Å². The van der Waals surface area contributed by atoms with Crippen LogP contribution in [0.25, 0.3) is 21.8 Å². The molecule has 1 heterocycles. The Bertz CT molecular complexity index is 1090. The second-order valence-electron chi connectivity index (χ2n) is 6.82. The van der Waals surface area contributed by atoms with Crippen LogP contribution in [0.3, 0.4) is 0 Å². The van der Waals surface area contributed by atoms with E-state index in [-0.39, 0.29) is 5.91 Å². The fourth-order valence-electron chi connectivity index (χ4n) is 3.53. The molecule has 0 unspecified atom stereocenters. The number of hydrogen-bond donors (Lipinski definition) is 1. The number of hydrazone groups is 1. The Labute approximate surface area is 164 Å². The number of fused-ring (bicyclic) bond motifs is 3. The van der Waals surface area contributed by atoms with Gasteiger partial charge in [0.1, 0.15) is 0 Å². The number of aryl methyl sites for hydroxylation is 2. The molecule has 1 N–H and O–H groups in total. The first-order valence-corrected chi connectivity index (χ1v) is 9.63. The number of carbonyl (C=O) groups is 1. The summed E-state index contributed by atoms with van der Waals surface area (Å²) >= 11 is 0. The standard InChI is InChI=1S/C24H23N3O/c1-2-18-11-13-19(14-12-18)17-25-26-24(28)15-16-27-22-9-5-3-7-20(22)21-8-4-6-10-23(21)27/h3-14,17H,2,15-16H2,1H3,(H,26,28). The Morgan fingerprint density at radius 3 is 2.14 bits per heavy atom. The Kier molecular flexibility index (Phi) is 5.20. The number of hydrogen-bond acceptors (Lipinski definition) is 2. The zero-order valence-electron chi connectivity index (χ0n) is 15.9. The van der Waals surface area contributed by atoms with Crippen LogP contribution in [0.1, 0.15) is 24.5 Å². The lowest BCUT2D eigenvalue weighted by Gasteiger charge is -2.06. The van der Waals surface area contributed by atoms with Crippen molar-refractivity contribution in [3.05, 3.63) is 83.9 Å². The van der Waals surface area contributed by atoms with Gasteiger partial charge in [0.25, 0.3) is 0 Å². The van der Waals surface area contributed by atoms with Crippen LogP contribution in [0.4, 0.5) is 0 Å². The summed E-state index contributed by atoms with van der Waals surface area (Å²) in [6.45, 7) is 2.74. The molecule has 3 aromatic carbocycles. The lowest BCUT2D eigenvalue weighted by Crippen LogP contribution is -2.19. The molecule has 0 radical (unpaired) electrons. The number of amides is 1. The van der Waals surface area contributed by atoms with Gasteiger partial charge in [0.2, 0.25) is 5.91 Å². The van der Waals surface area contributed by atoms with Gasteiger partial charge in [-0.15, -0.1) is 0 Å². The SMILES string of the molecule is CCc1ccc(C=NNC(=O)CCn2c3ccccc3c3ccccc32)cc1. The molecule has 0 aliphatic rings. The fourth-order valence-corrected chi connectivity index (χ4v) is 3.53. The first-order valence-electron chi connectivity index (χ1n) is 9.63. The third-order valence-electron chi connectivity index (χ3n) is 5.03. The molecule has 4 heteroatoms. The normalized spacial score (nSPS) is 11.5. The summed E-state index contributed by atoms with van der Waals surface area (Å²) in [4.78, 5) is 12.3. The van der Waals surface area contributed by atoms with E-state index in [4.69, 9.17) is 0 Å². The van der Waals surface area contributed by atoms with Crippen molar-refractivity contribution in [2.75, 3.05) is 0 Å². The molecule has 0 saturated heterocycles. The zero-order chi connectivity index (χ0) is 19.3. The average Bonchev–Trinajstić information content (AvgIpc) is 3.07. The van der Waals surface area contributed by atoms with Crippen molar-refractivity contribution < 1.29 is 4.79 Å². The summed E-state index contributed by atoms with van der Waals surface area (Å²) < 4.78 is 2.21. The van der Waals surface area contributed by atoms with E-state index in [2.05, 4.69) is 58.4 Å². The molecule has 4 nitrogen and oxygen atoms in total. The van der Waals surface area contributed by atoms with Gasteiger partial charge in [0.05, 0.1) is 6.21 Å². The van der Waals surface area contributed by atoms with Gasteiger partial charge in [-0.05, 0) is 29.7 Å². The summed E-state index contributed by atoms with van der Waals surface area (Å²) in [6, 6.07) is 24.8. The molecule has 0 fully saturated rings. The molecule has 0 bridgehead atoms. The number of nitrogens with one attached hydrogen (secondary N) is 1. The Morgan fingerprint density at radius 2 is 1.54 bits per heavy atom. The molecular weight excluding hydrogens is 346 g/mol. The van der Waals surface area contributed by atoms with Gasteiger partial charge in [-0.25, -0.2) is 5.43 Å². The van der Waals surface area contributed by atoms with Crippen LogP contribution in [0, 0.1) is 0 Å². The monoisotopic (exact) mass is 369 g/mol. The van der Waals surface area contributed by atoms with E-state index in [1.54, 1.807) is 6.21 Å². The van der Waals surface area contributed by atoms with Crippen LogP contribution in [0.15, 0.2) is 77.9 Å². The Morgan fingerprint density at radius 1 is 0.929 bits per heavy atom. The topological polar surface area (TPSA) is 46.4 Å². The summed E-state index contributed by atoms with van der Waals surface area (Å²) in [5, 5.41) is 6.52. The van der Waals surface area contributed by atoms with Gasteiger partial charge >= 0.3 is 0 Å². The highest BCUT2D eigenvalue weighted by molar-refractivity contribution is 6.08. The van der Waals surface area contributed by atoms with E-state index < -0.39 is 0 Å². The molecule has 0 atom stereocenters. The Hall–Kier alpha value is -3.40. The summed E-state index contributed by atoms with van der Waals surface area (Å²) in [7, 11) is 0. The largest absolute Gasteiger partial charge is 0.340 e. The van der Waals surface area contributed by atoms with Crippen molar-refractivity contribution in [1.82, 2.24) is 9.99 Å². The maximum Gasteiger partial charge on any atom is 0.241 e. The zero-order valence-corrected chi connectivity index (χ0v) is 15.9. The van der Waals surface area contributed by atoms with Crippen LogP contribution >= 0.6 is 0 Å². The van der Waals surface area contributed by atoms with E-state index >= 15 is 0 Å². The summed E-state index contributed by atoms with van der Waals surface area (Å²) in [6.07, 6.45) is 3.06. The highest BCUT2D eigenvalue weighted by Gasteiger charge is 2.10. The fraction of sp³-hybridized carbons (Fsp3) is 0.167. The smallest absolute Gasteiger partial charge is 0.241 e. The van der Waals surface area contributed by atoms with Crippen LogP contribution in [0.5, 0.6) is 0 Å². The number of aromatic nitrogens is 1. The second-order valence-corrected chi connectivity index (χ2v) is 6.82. The Balaban J connectivity index is 1.44. The first-order chi connectivity index (χ1) is 13.8. The second kappa shape index (κ2) is 8.09. The van der Waals surface area contributed by atoms with E-state index in [0.29, 0.717) is 13.0 Å². The lowest BCUT2D eigenvalue weighted by molar-refractivity contribution is -0.121. The molecular formula is C24H23N3O. The molecule has 0 aliphatic carbocycles. The van der Waals surface area contributed by atoms with Crippen molar-refractivity contribution in [3.63, 3.8) is 0 Å². The third-order valence-corrected chi connectivity index (χ3v) is 5.03. The third kappa shape index (κ3) is 3.67. The average molecular weight is 369 g/mol. The van der Waals surface area contributed by atoms with Gasteiger partial charge in [0.15, 0.2) is 0 Å². The van der Waals surface area contributed by atoms with Crippen molar-refractivity contribution >= 4 is 33.9 Å². The minimum Gasteiger partial charge on any atom is -0.340 e. The lowest BCUT2D eigenvalue weighted by atomic mass is 10.1. The van der Waals surface area contributed by atoms with Crippen LogP contribution in [-0.2, 0) is 17.8 Å². The van der Waals surface area contributed by atoms with Crippen LogP contribution in [0.2, 0.25) is 0 Å². The highest BCUT2D eigenvalue weighted by atomic mass is 16.2. The molecule has 1 amide bonds. The predicted molar refractivity (Wildman–Crippen MR) is 116 cm³/mol. The number of benzene rings is 3. The predicted octanol–water partition coefficient (Wildman–Crippen LogP) is 4.90. The minimum absolute atomic E-state index is 0.0942. The first kappa shape index (κ1) is 18.0. The van der Waals surface area contributed by atoms with Gasteiger partial charge in [-0.2, -0.15) is 5.10 Å². The molecule has 1 aromatic heterocycles. The van der Waals surface area contributed by atoms with Crippen LogP contribution < -0.4 is 5.43 Å². The van der Waals surface area contributed by atoms with Crippen molar-refractivity contribution in [1.29, 1.82) is 0 Å². The van der Waals surface area contributed by atoms with Gasteiger partial charge in [0, 0.05) is 34.8 Å². The minimum atomic E-state index is -0.0942. The number of para-hydroxylation sites is 2. The van der Waals surface area contributed by atoms with E-state index in [1.165, 1.54) is 16.3 Å². The number of rotatable bonds is 6.